The number of sulfonamides is 1. The summed E-state index contributed by atoms with van der Waals surface area (Å²) in [4.78, 5) is 14.2. The first-order chi connectivity index (χ1) is 6.89. The number of carbonyl (C=O) groups excluding carboxylic acids is 1. The molecule has 0 aliphatic carbocycles. The Labute approximate surface area is 87.3 Å². The number of carbonyl (C=O) groups is 1. The fraction of sp³-hybridized carbons (Fsp3) is 0.125. The molecule has 1 heterocycles. The van der Waals surface area contributed by atoms with E-state index in [1.54, 1.807) is 6.07 Å². The number of hydrogen-bond acceptors (Lipinski definition) is 4. The summed E-state index contributed by atoms with van der Waals surface area (Å²) >= 11 is 0. The first-order valence-corrected chi connectivity index (χ1v) is 5.55. The molecule has 15 heavy (non-hydrogen) atoms. The molecule has 4 N–H and O–H groups in total. The minimum atomic E-state index is -3.81. The van der Waals surface area contributed by atoms with Crippen molar-refractivity contribution in [2.45, 2.75) is 11.4 Å². The second-order valence-electron chi connectivity index (χ2n) is 2.82. The van der Waals surface area contributed by atoms with Crippen LogP contribution in [0.5, 0.6) is 0 Å². The lowest BCUT2D eigenvalue weighted by Gasteiger charge is -2.00. The standard InChI is InChI=1S/C8H10N3O3S/c9-7(12)5-4-6-2-1-3-8(11-6)15(10,13)14/h1-4H,5H2,(H2,9,12)(H2,10,13,14). The number of aromatic nitrogens is 1. The molecule has 0 fully saturated rings. The van der Waals surface area contributed by atoms with Crippen molar-refractivity contribution in [2.24, 2.45) is 10.9 Å². The minimum Gasteiger partial charge on any atom is -0.370 e. The summed E-state index contributed by atoms with van der Waals surface area (Å²) in [5, 5.41) is 4.65. The Morgan fingerprint density at radius 1 is 1.47 bits per heavy atom. The highest BCUT2D eigenvalue weighted by atomic mass is 32.2. The van der Waals surface area contributed by atoms with E-state index in [4.69, 9.17) is 10.9 Å². The smallest absolute Gasteiger partial charge is 0.255 e. The van der Waals surface area contributed by atoms with Crippen LogP contribution in [0.1, 0.15) is 12.1 Å². The molecule has 7 heteroatoms. The lowest BCUT2D eigenvalue weighted by molar-refractivity contribution is -0.117. The molecular formula is C8H10N3O3S. The van der Waals surface area contributed by atoms with Crippen LogP contribution in [-0.2, 0) is 14.8 Å². The molecule has 1 rings (SSSR count). The summed E-state index contributed by atoms with van der Waals surface area (Å²) in [6, 6.07) is 4.31. The first kappa shape index (κ1) is 11.6. The fourth-order valence-corrected chi connectivity index (χ4v) is 1.41. The average molecular weight is 228 g/mol. The summed E-state index contributed by atoms with van der Waals surface area (Å²) in [5.41, 5.74) is 5.27. The lowest BCUT2D eigenvalue weighted by atomic mass is 10.2. The largest absolute Gasteiger partial charge is 0.370 e. The van der Waals surface area contributed by atoms with Crippen LogP contribution in [0.15, 0.2) is 23.2 Å². The zero-order valence-electron chi connectivity index (χ0n) is 7.75. The van der Waals surface area contributed by atoms with Gasteiger partial charge < -0.3 is 5.73 Å². The molecule has 1 amide bonds. The molecule has 0 spiro atoms. The molecule has 81 valence electrons. The molecule has 1 aromatic heterocycles. The van der Waals surface area contributed by atoms with E-state index in [9.17, 15) is 13.2 Å². The van der Waals surface area contributed by atoms with Crippen LogP contribution < -0.4 is 10.9 Å². The predicted molar refractivity (Wildman–Crippen MR) is 52.8 cm³/mol. The number of nitrogens with zero attached hydrogens (tertiary/aromatic N) is 1. The maximum absolute atomic E-state index is 10.9. The van der Waals surface area contributed by atoms with E-state index in [1.807, 2.05) is 0 Å². The van der Waals surface area contributed by atoms with E-state index < -0.39 is 15.9 Å². The van der Waals surface area contributed by atoms with Gasteiger partial charge in [-0.05, 0) is 12.1 Å². The molecule has 1 radical (unpaired) electrons. The number of nitrogens with two attached hydrogens (primary N) is 2. The van der Waals surface area contributed by atoms with Crippen LogP contribution >= 0.6 is 0 Å². The van der Waals surface area contributed by atoms with Gasteiger partial charge in [-0.15, -0.1) is 0 Å². The molecule has 0 saturated carbocycles. The molecule has 0 aromatic carbocycles. The summed E-state index contributed by atoms with van der Waals surface area (Å²) in [5.74, 6) is -0.516. The molecule has 6 nitrogen and oxygen atoms in total. The van der Waals surface area contributed by atoms with Gasteiger partial charge in [0.05, 0.1) is 0 Å². The van der Waals surface area contributed by atoms with E-state index in [1.165, 1.54) is 18.6 Å². The summed E-state index contributed by atoms with van der Waals surface area (Å²) < 4.78 is 21.9. The van der Waals surface area contributed by atoms with Crippen LogP contribution in [-0.4, -0.2) is 19.3 Å². The molecule has 0 aliphatic rings. The SMILES string of the molecule is NC(=O)C[CH]c1cccc(S(N)(=O)=O)n1. The Kier molecular flexibility index (Phi) is 3.38. The van der Waals surface area contributed by atoms with Gasteiger partial charge >= 0.3 is 0 Å². The van der Waals surface area contributed by atoms with Crippen LogP contribution in [0.3, 0.4) is 0 Å². The molecule has 0 bridgehead atoms. The van der Waals surface area contributed by atoms with Crippen molar-refractivity contribution < 1.29 is 13.2 Å². The van der Waals surface area contributed by atoms with Crippen LogP contribution in [0.2, 0.25) is 0 Å². The molecule has 1 aromatic rings. The summed E-state index contributed by atoms with van der Waals surface area (Å²) in [6.45, 7) is 0. The first-order valence-electron chi connectivity index (χ1n) is 4.01. The van der Waals surface area contributed by atoms with Gasteiger partial charge in [-0.25, -0.2) is 18.5 Å². The van der Waals surface area contributed by atoms with Crippen molar-refractivity contribution in [3.63, 3.8) is 0 Å². The third-order valence-electron chi connectivity index (χ3n) is 1.55. The van der Waals surface area contributed by atoms with E-state index in [2.05, 4.69) is 4.98 Å². The quantitative estimate of drug-likeness (QED) is 0.698. The van der Waals surface area contributed by atoms with Crippen molar-refractivity contribution >= 4 is 15.9 Å². The number of hydrogen-bond donors (Lipinski definition) is 2. The van der Waals surface area contributed by atoms with Gasteiger partial charge in [0.15, 0.2) is 5.03 Å². The number of amides is 1. The number of pyridine rings is 1. The normalized spacial score (nSPS) is 11.3. The Morgan fingerprint density at radius 3 is 2.67 bits per heavy atom. The van der Waals surface area contributed by atoms with Gasteiger partial charge in [0.25, 0.3) is 10.0 Å². The van der Waals surface area contributed by atoms with Gasteiger partial charge in [0, 0.05) is 18.5 Å². The van der Waals surface area contributed by atoms with Gasteiger partial charge in [0.2, 0.25) is 5.91 Å². The highest BCUT2D eigenvalue weighted by molar-refractivity contribution is 7.89. The number of primary amides is 1. The molecular weight excluding hydrogens is 218 g/mol. The maximum Gasteiger partial charge on any atom is 0.255 e. The Morgan fingerprint density at radius 2 is 2.13 bits per heavy atom. The van der Waals surface area contributed by atoms with E-state index in [-0.39, 0.29) is 11.4 Å². The molecule has 0 aliphatic heterocycles. The molecule has 0 atom stereocenters. The summed E-state index contributed by atoms with van der Waals surface area (Å²) in [6.07, 6.45) is 1.43. The van der Waals surface area contributed by atoms with E-state index in [0.29, 0.717) is 5.69 Å². The molecule has 0 unspecified atom stereocenters. The highest BCUT2D eigenvalue weighted by Crippen LogP contribution is 2.07. The van der Waals surface area contributed by atoms with Crippen molar-refractivity contribution in [2.75, 3.05) is 0 Å². The third-order valence-corrected chi connectivity index (χ3v) is 2.36. The third kappa shape index (κ3) is 3.64. The number of primary sulfonamides is 1. The topological polar surface area (TPSA) is 116 Å². The Balaban J connectivity index is 2.89. The van der Waals surface area contributed by atoms with Gasteiger partial charge in [-0.3, -0.25) is 4.79 Å². The van der Waals surface area contributed by atoms with Crippen molar-refractivity contribution in [1.29, 1.82) is 0 Å². The predicted octanol–water partition coefficient (Wildman–Crippen LogP) is -0.843. The maximum atomic E-state index is 10.9. The Bertz CT molecular complexity index is 470. The number of rotatable bonds is 4. The Hall–Kier alpha value is -1.47. The average Bonchev–Trinajstić information content (AvgIpc) is 2.14. The van der Waals surface area contributed by atoms with E-state index >= 15 is 0 Å². The monoisotopic (exact) mass is 228 g/mol. The zero-order chi connectivity index (χ0) is 11.5. The van der Waals surface area contributed by atoms with Crippen molar-refractivity contribution in [3.8, 4) is 0 Å². The summed E-state index contributed by atoms with van der Waals surface area (Å²) in [7, 11) is -3.81. The second-order valence-corrected chi connectivity index (χ2v) is 4.33. The zero-order valence-corrected chi connectivity index (χ0v) is 8.57. The highest BCUT2D eigenvalue weighted by Gasteiger charge is 2.10. The van der Waals surface area contributed by atoms with Crippen molar-refractivity contribution in [1.82, 2.24) is 4.98 Å². The van der Waals surface area contributed by atoms with Gasteiger partial charge in [-0.2, -0.15) is 0 Å². The molecule has 0 saturated heterocycles. The van der Waals surface area contributed by atoms with Crippen LogP contribution in [0, 0.1) is 6.42 Å². The fourth-order valence-electron chi connectivity index (χ4n) is 0.908. The second kappa shape index (κ2) is 4.37. The van der Waals surface area contributed by atoms with E-state index in [0.717, 1.165) is 0 Å². The minimum absolute atomic E-state index is 0.00106. The lowest BCUT2D eigenvalue weighted by Crippen LogP contribution is -2.15. The van der Waals surface area contributed by atoms with Gasteiger partial charge in [0.1, 0.15) is 0 Å². The van der Waals surface area contributed by atoms with Crippen molar-refractivity contribution in [3.05, 3.63) is 30.3 Å². The van der Waals surface area contributed by atoms with Crippen LogP contribution in [0.25, 0.3) is 0 Å². The van der Waals surface area contributed by atoms with Crippen LogP contribution in [0.4, 0.5) is 0 Å². The van der Waals surface area contributed by atoms with Gasteiger partial charge in [-0.1, -0.05) is 6.07 Å².